The SMILES string of the molecule is O=C(/C=C\C(=O)N[C@@H](Cc1ccccc1)C(=O)OCc1ccccc1)N[C@@H](Cc1ccccc1)C(=O)O. The summed E-state index contributed by atoms with van der Waals surface area (Å²) in [5, 5.41) is 14.4. The molecule has 0 aliphatic rings. The molecule has 3 aromatic carbocycles. The molecule has 0 saturated carbocycles. The van der Waals surface area contributed by atoms with Gasteiger partial charge in [0.05, 0.1) is 0 Å². The highest BCUT2D eigenvalue weighted by Gasteiger charge is 2.23. The second kappa shape index (κ2) is 14.0. The van der Waals surface area contributed by atoms with Crippen LogP contribution in [0.25, 0.3) is 0 Å². The van der Waals surface area contributed by atoms with E-state index in [9.17, 15) is 24.3 Å². The Morgan fingerprint density at radius 2 is 1.05 bits per heavy atom. The molecule has 2 amide bonds. The van der Waals surface area contributed by atoms with Crippen LogP contribution < -0.4 is 10.6 Å². The summed E-state index contributed by atoms with van der Waals surface area (Å²) in [7, 11) is 0. The highest BCUT2D eigenvalue weighted by atomic mass is 16.5. The number of benzene rings is 3. The molecule has 0 aliphatic carbocycles. The van der Waals surface area contributed by atoms with Crippen molar-refractivity contribution in [2.45, 2.75) is 31.5 Å². The fourth-order valence-corrected chi connectivity index (χ4v) is 3.51. The zero-order chi connectivity index (χ0) is 26.5. The molecule has 0 fully saturated rings. The molecule has 0 unspecified atom stereocenters. The van der Waals surface area contributed by atoms with E-state index in [4.69, 9.17) is 4.74 Å². The average molecular weight is 501 g/mol. The fourth-order valence-electron chi connectivity index (χ4n) is 3.51. The molecule has 2 atom stereocenters. The fraction of sp³-hybridized carbons (Fsp3) is 0.172. The Morgan fingerprint density at radius 1 is 0.649 bits per heavy atom. The van der Waals surface area contributed by atoms with Crippen LogP contribution in [-0.2, 0) is 43.4 Å². The van der Waals surface area contributed by atoms with Crippen LogP contribution in [0.3, 0.4) is 0 Å². The molecule has 0 spiro atoms. The number of carboxylic acids is 1. The van der Waals surface area contributed by atoms with E-state index in [2.05, 4.69) is 10.6 Å². The van der Waals surface area contributed by atoms with Crippen LogP contribution in [0.1, 0.15) is 16.7 Å². The minimum atomic E-state index is -1.20. The molecule has 37 heavy (non-hydrogen) atoms. The van der Waals surface area contributed by atoms with Gasteiger partial charge < -0.3 is 20.5 Å². The monoisotopic (exact) mass is 500 g/mol. The predicted molar refractivity (Wildman–Crippen MR) is 137 cm³/mol. The molecule has 0 saturated heterocycles. The summed E-state index contributed by atoms with van der Waals surface area (Å²) in [5.74, 6) is -3.25. The second-order valence-corrected chi connectivity index (χ2v) is 8.27. The maximum Gasteiger partial charge on any atom is 0.329 e. The van der Waals surface area contributed by atoms with Crippen LogP contribution in [0.4, 0.5) is 0 Å². The van der Waals surface area contributed by atoms with E-state index in [1.54, 1.807) is 24.3 Å². The standard InChI is InChI=1S/C29H28N2O6/c32-26(30-24(28(34)35)18-21-10-4-1-5-11-21)16-17-27(33)31-25(19-22-12-6-2-7-13-22)29(36)37-20-23-14-8-3-9-15-23/h1-17,24-25H,18-20H2,(H,30,32)(H,31,33)(H,34,35)/b17-16-/t24-,25-/m0/s1. The van der Waals surface area contributed by atoms with Crippen LogP contribution in [0, 0.1) is 0 Å². The summed E-state index contributed by atoms with van der Waals surface area (Å²) in [6.07, 6.45) is 2.18. The molecule has 3 N–H and O–H groups in total. The lowest BCUT2D eigenvalue weighted by atomic mass is 10.1. The van der Waals surface area contributed by atoms with E-state index in [0.717, 1.165) is 28.8 Å². The third-order valence-electron chi connectivity index (χ3n) is 5.39. The van der Waals surface area contributed by atoms with Crippen LogP contribution in [0.5, 0.6) is 0 Å². The lowest BCUT2D eigenvalue weighted by Gasteiger charge is -2.17. The Morgan fingerprint density at radius 3 is 1.51 bits per heavy atom. The summed E-state index contributed by atoms with van der Waals surface area (Å²) >= 11 is 0. The Labute approximate surface area is 215 Å². The zero-order valence-corrected chi connectivity index (χ0v) is 20.1. The normalized spacial score (nSPS) is 12.3. The van der Waals surface area contributed by atoms with Gasteiger partial charge in [0, 0.05) is 25.0 Å². The quantitative estimate of drug-likeness (QED) is 0.260. The molecular formula is C29H28N2O6. The lowest BCUT2D eigenvalue weighted by Crippen LogP contribution is -2.43. The van der Waals surface area contributed by atoms with Crippen molar-refractivity contribution in [1.82, 2.24) is 10.6 Å². The van der Waals surface area contributed by atoms with Gasteiger partial charge in [0.2, 0.25) is 11.8 Å². The number of carbonyl (C=O) groups excluding carboxylic acids is 3. The second-order valence-electron chi connectivity index (χ2n) is 8.27. The number of amides is 2. The number of carboxylic acid groups (broad SMARTS) is 1. The summed E-state index contributed by atoms with van der Waals surface area (Å²) in [6.45, 7) is 0.0526. The van der Waals surface area contributed by atoms with E-state index in [0.29, 0.717) is 0 Å². The number of rotatable bonds is 12. The molecule has 0 radical (unpaired) electrons. The van der Waals surface area contributed by atoms with Gasteiger partial charge in [-0.15, -0.1) is 0 Å². The summed E-state index contributed by atoms with van der Waals surface area (Å²) in [6, 6.07) is 25.0. The first-order valence-electron chi connectivity index (χ1n) is 11.7. The van der Waals surface area contributed by atoms with Gasteiger partial charge in [0.25, 0.3) is 0 Å². The average Bonchev–Trinajstić information content (AvgIpc) is 2.91. The predicted octanol–water partition coefficient (Wildman–Crippen LogP) is 2.83. The summed E-state index contributed by atoms with van der Waals surface area (Å²) < 4.78 is 5.40. The summed E-state index contributed by atoms with van der Waals surface area (Å²) in [5.41, 5.74) is 2.37. The maximum atomic E-state index is 12.8. The van der Waals surface area contributed by atoms with Crippen molar-refractivity contribution < 1.29 is 29.0 Å². The zero-order valence-electron chi connectivity index (χ0n) is 20.1. The van der Waals surface area contributed by atoms with Crippen molar-refractivity contribution in [3.63, 3.8) is 0 Å². The van der Waals surface area contributed by atoms with Crippen LogP contribution in [0.2, 0.25) is 0 Å². The maximum absolute atomic E-state index is 12.8. The van der Waals surface area contributed by atoms with Crippen molar-refractivity contribution in [1.29, 1.82) is 0 Å². The molecule has 0 bridgehead atoms. The first-order valence-corrected chi connectivity index (χ1v) is 11.7. The molecule has 8 heteroatoms. The van der Waals surface area contributed by atoms with Crippen molar-refractivity contribution in [2.24, 2.45) is 0 Å². The molecule has 8 nitrogen and oxygen atoms in total. The van der Waals surface area contributed by atoms with E-state index in [-0.39, 0.29) is 19.4 Å². The van der Waals surface area contributed by atoms with Crippen molar-refractivity contribution in [2.75, 3.05) is 0 Å². The topological polar surface area (TPSA) is 122 Å². The largest absolute Gasteiger partial charge is 0.480 e. The van der Waals surface area contributed by atoms with Crippen molar-refractivity contribution in [3.05, 3.63) is 120 Å². The molecule has 0 heterocycles. The van der Waals surface area contributed by atoms with E-state index in [1.165, 1.54) is 0 Å². The van der Waals surface area contributed by atoms with Gasteiger partial charge >= 0.3 is 11.9 Å². The highest BCUT2D eigenvalue weighted by Crippen LogP contribution is 2.08. The van der Waals surface area contributed by atoms with Gasteiger partial charge in [-0.1, -0.05) is 91.0 Å². The third kappa shape index (κ3) is 9.45. The van der Waals surface area contributed by atoms with Gasteiger partial charge in [-0.25, -0.2) is 9.59 Å². The lowest BCUT2D eigenvalue weighted by molar-refractivity contribution is -0.148. The number of carbonyl (C=O) groups is 4. The first-order chi connectivity index (χ1) is 17.9. The number of esters is 1. The van der Waals surface area contributed by atoms with Crippen LogP contribution in [-0.4, -0.2) is 40.9 Å². The van der Waals surface area contributed by atoms with E-state index in [1.807, 2.05) is 66.7 Å². The minimum Gasteiger partial charge on any atom is -0.480 e. The number of hydrogen-bond donors (Lipinski definition) is 3. The first kappa shape index (κ1) is 26.9. The third-order valence-corrected chi connectivity index (χ3v) is 5.39. The number of nitrogens with one attached hydrogen (secondary N) is 2. The number of hydrogen-bond acceptors (Lipinski definition) is 5. The van der Waals surface area contributed by atoms with E-state index < -0.39 is 35.8 Å². The van der Waals surface area contributed by atoms with Crippen LogP contribution in [0.15, 0.2) is 103 Å². The molecular weight excluding hydrogens is 472 g/mol. The Kier molecular flexibility index (Phi) is 10.2. The van der Waals surface area contributed by atoms with Crippen LogP contribution >= 0.6 is 0 Å². The Hall–Kier alpha value is -4.72. The van der Waals surface area contributed by atoms with Gasteiger partial charge in [-0.05, 0) is 16.7 Å². The molecule has 0 aliphatic heterocycles. The highest BCUT2D eigenvalue weighted by molar-refractivity contribution is 5.99. The minimum absolute atomic E-state index is 0.0526. The molecule has 3 rings (SSSR count). The van der Waals surface area contributed by atoms with Gasteiger partial charge in [-0.3, -0.25) is 9.59 Å². The Bertz CT molecular complexity index is 1210. The summed E-state index contributed by atoms with van der Waals surface area (Å²) in [4.78, 5) is 49.2. The van der Waals surface area contributed by atoms with Gasteiger partial charge in [0.1, 0.15) is 18.7 Å². The molecule has 190 valence electrons. The van der Waals surface area contributed by atoms with Crippen molar-refractivity contribution in [3.8, 4) is 0 Å². The number of aliphatic carboxylic acids is 1. The van der Waals surface area contributed by atoms with Gasteiger partial charge in [-0.2, -0.15) is 0 Å². The molecule has 0 aromatic heterocycles. The van der Waals surface area contributed by atoms with E-state index >= 15 is 0 Å². The smallest absolute Gasteiger partial charge is 0.329 e. The van der Waals surface area contributed by atoms with Gasteiger partial charge in [0.15, 0.2) is 0 Å². The Balaban J connectivity index is 1.60. The van der Waals surface area contributed by atoms with Crippen molar-refractivity contribution >= 4 is 23.8 Å². The molecule has 3 aromatic rings. The number of ether oxygens (including phenoxy) is 1.